The van der Waals surface area contributed by atoms with Crippen molar-refractivity contribution < 1.29 is 9.18 Å². The predicted octanol–water partition coefficient (Wildman–Crippen LogP) is 2.93. The number of halogens is 1. The number of benzene rings is 1. The number of pyridine rings is 1. The van der Waals surface area contributed by atoms with Crippen LogP contribution >= 0.6 is 0 Å². The van der Waals surface area contributed by atoms with Crippen LogP contribution < -0.4 is 11.5 Å². The summed E-state index contributed by atoms with van der Waals surface area (Å²) < 4.78 is 15.7. The summed E-state index contributed by atoms with van der Waals surface area (Å²) in [5.74, 6) is -0.466. The van der Waals surface area contributed by atoms with Gasteiger partial charge >= 0.3 is 0 Å². The van der Waals surface area contributed by atoms with E-state index in [2.05, 4.69) is 20.1 Å². The second-order valence-electron chi connectivity index (χ2n) is 7.04. The summed E-state index contributed by atoms with van der Waals surface area (Å²) in [4.78, 5) is 24.8. The van der Waals surface area contributed by atoms with Gasteiger partial charge in [-0.2, -0.15) is 5.10 Å². The highest BCUT2D eigenvalue weighted by molar-refractivity contribution is 5.90. The lowest BCUT2D eigenvalue weighted by molar-refractivity contribution is -0.118. The van der Waals surface area contributed by atoms with Crippen LogP contribution in [0.1, 0.15) is 30.9 Å². The molecule has 0 spiro atoms. The average molecular weight is 405 g/mol. The molecule has 8 nitrogen and oxygen atoms in total. The standard InChI is InChI=1S/C21H20FN7O/c1-11(12(2)30)16-18(23)26-20(27-19(16)24)17-14-7-5-9-25-21(14)29(28-17)10-13-6-3-4-8-15(13)22/h3-9,11H,10H2,1-2H3,(H4,23,24,26,27). The van der Waals surface area contributed by atoms with E-state index in [1.807, 2.05) is 6.07 Å². The van der Waals surface area contributed by atoms with Crippen LogP contribution in [-0.2, 0) is 11.3 Å². The molecule has 3 heterocycles. The van der Waals surface area contributed by atoms with E-state index in [0.717, 1.165) is 0 Å². The number of nitrogens with zero attached hydrogens (tertiary/aromatic N) is 5. The Morgan fingerprint density at radius 3 is 2.50 bits per heavy atom. The topological polar surface area (TPSA) is 126 Å². The van der Waals surface area contributed by atoms with Crippen molar-refractivity contribution in [1.29, 1.82) is 0 Å². The van der Waals surface area contributed by atoms with Gasteiger partial charge in [0, 0.05) is 23.2 Å². The number of hydrogen-bond acceptors (Lipinski definition) is 7. The van der Waals surface area contributed by atoms with Gasteiger partial charge in [0.1, 0.15) is 28.9 Å². The van der Waals surface area contributed by atoms with Crippen LogP contribution in [0.2, 0.25) is 0 Å². The monoisotopic (exact) mass is 405 g/mol. The minimum atomic E-state index is -0.518. The number of nitrogen functional groups attached to an aromatic ring is 2. The van der Waals surface area contributed by atoms with Crippen LogP contribution in [0.25, 0.3) is 22.6 Å². The van der Waals surface area contributed by atoms with Crippen LogP contribution in [0.4, 0.5) is 16.0 Å². The maximum atomic E-state index is 14.1. The molecule has 152 valence electrons. The lowest BCUT2D eigenvalue weighted by Crippen LogP contribution is -2.14. The normalized spacial score (nSPS) is 12.2. The molecule has 1 aromatic carbocycles. The molecule has 0 radical (unpaired) electrons. The van der Waals surface area contributed by atoms with Crippen molar-refractivity contribution in [2.45, 2.75) is 26.3 Å². The maximum Gasteiger partial charge on any atom is 0.184 e. The second kappa shape index (κ2) is 7.51. The van der Waals surface area contributed by atoms with Gasteiger partial charge in [-0.3, -0.25) is 4.79 Å². The van der Waals surface area contributed by atoms with Gasteiger partial charge in [-0.05, 0) is 25.1 Å². The number of rotatable bonds is 5. The smallest absolute Gasteiger partial charge is 0.184 e. The van der Waals surface area contributed by atoms with E-state index in [-0.39, 0.29) is 35.6 Å². The van der Waals surface area contributed by atoms with Crippen molar-refractivity contribution in [3.05, 3.63) is 59.5 Å². The molecular formula is C21H20FN7O. The third-order valence-electron chi connectivity index (χ3n) is 5.04. The number of hydrogen-bond donors (Lipinski definition) is 2. The second-order valence-corrected chi connectivity index (χ2v) is 7.04. The van der Waals surface area contributed by atoms with E-state index < -0.39 is 5.92 Å². The fourth-order valence-electron chi connectivity index (χ4n) is 3.33. The first-order valence-corrected chi connectivity index (χ1v) is 9.35. The quantitative estimate of drug-likeness (QED) is 0.523. The van der Waals surface area contributed by atoms with E-state index in [9.17, 15) is 9.18 Å². The average Bonchev–Trinajstić information content (AvgIpc) is 3.07. The van der Waals surface area contributed by atoms with Gasteiger partial charge in [0.05, 0.1) is 11.9 Å². The molecule has 0 saturated carbocycles. The zero-order chi connectivity index (χ0) is 21.4. The Morgan fingerprint density at radius 1 is 1.13 bits per heavy atom. The number of anilines is 2. The molecule has 1 unspecified atom stereocenters. The zero-order valence-corrected chi connectivity index (χ0v) is 16.5. The molecule has 0 amide bonds. The molecule has 0 saturated heterocycles. The molecule has 4 aromatic rings. The van der Waals surface area contributed by atoms with Gasteiger partial charge in [0.15, 0.2) is 11.5 Å². The van der Waals surface area contributed by atoms with Crippen LogP contribution in [0.5, 0.6) is 0 Å². The first kappa shape index (κ1) is 19.4. The summed E-state index contributed by atoms with van der Waals surface area (Å²) in [6.07, 6.45) is 1.63. The number of fused-ring (bicyclic) bond motifs is 1. The van der Waals surface area contributed by atoms with Crippen LogP contribution in [0, 0.1) is 5.82 Å². The van der Waals surface area contributed by atoms with Crippen molar-refractivity contribution in [2.75, 3.05) is 11.5 Å². The molecule has 0 aliphatic heterocycles. The first-order chi connectivity index (χ1) is 14.4. The van der Waals surface area contributed by atoms with Gasteiger partial charge in [-0.15, -0.1) is 0 Å². The Labute approximate surface area is 171 Å². The SMILES string of the molecule is CC(=O)C(C)c1c(N)nc(-c2nn(Cc3ccccc3F)c3ncccc23)nc1N. The molecule has 1 atom stereocenters. The number of carbonyl (C=O) groups excluding carboxylic acids is 1. The molecular weight excluding hydrogens is 385 g/mol. The molecule has 30 heavy (non-hydrogen) atoms. The maximum absolute atomic E-state index is 14.1. The molecule has 4 rings (SSSR count). The molecule has 9 heteroatoms. The van der Waals surface area contributed by atoms with Crippen molar-refractivity contribution >= 4 is 28.5 Å². The lowest BCUT2D eigenvalue weighted by Gasteiger charge is -2.13. The molecule has 0 aliphatic rings. The van der Waals surface area contributed by atoms with E-state index in [0.29, 0.717) is 27.9 Å². The Bertz CT molecular complexity index is 1240. The summed E-state index contributed by atoms with van der Waals surface area (Å²) in [5.41, 5.74) is 14.1. The van der Waals surface area contributed by atoms with Crippen LogP contribution in [0.15, 0.2) is 42.6 Å². The van der Waals surface area contributed by atoms with E-state index in [4.69, 9.17) is 11.5 Å². The molecule has 3 aromatic heterocycles. The Balaban J connectivity index is 1.84. The van der Waals surface area contributed by atoms with Crippen molar-refractivity contribution in [2.24, 2.45) is 0 Å². The highest BCUT2D eigenvalue weighted by atomic mass is 19.1. The minimum absolute atomic E-state index is 0.0893. The van der Waals surface area contributed by atoms with Crippen molar-refractivity contribution in [3.8, 4) is 11.5 Å². The fraction of sp³-hybridized carbons (Fsp3) is 0.190. The lowest BCUT2D eigenvalue weighted by atomic mass is 9.98. The highest BCUT2D eigenvalue weighted by Gasteiger charge is 2.23. The van der Waals surface area contributed by atoms with Crippen LogP contribution in [0.3, 0.4) is 0 Å². The van der Waals surface area contributed by atoms with Gasteiger partial charge in [-0.1, -0.05) is 25.1 Å². The number of aromatic nitrogens is 5. The van der Waals surface area contributed by atoms with Gasteiger partial charge in [0.2, 0.25) is 0 Å². The van der Waals surface area contributed by atoms with E-state index >= 15 is 0 Å². The number of nitrogens with two attached hydrogens (primary N) is 2. The van der Waals surface area contributed by atoms with E-state index in [1.165, 1.54) is 13.0 Å². The van der Waals surface area contributed by atoms with E-state index in [1.54, 1.807) is 42.1 Å². The zero-order valence-electron chi connectivity index (χ0n) is 16.5. The molecule has 4 N–H and O–H groups in total. The van der Waals surface area contributed by atoms with Gasteiger partial charge in [0.25, 0.3) is 0 Å². The highest BCUT2D eigenvalue weighted by Crippen LogP contribution is 2.31. The van der Waals surface area contributed by atoms with Crippen molar-refractivity contribution in [1.82, 2.24) is 24.7 Å². The Morgan fingerprint density at radius 2 is 1.83 bits per heavy atom. The third-order valence-corrected chi connectivity index (χ3v) is 5.04. The predicted molar refractivity (Wildman–Crippen MR) is 112 cm³/mol. The summed E-state index contributed by atoms with van der Waals surface area (Å²) in [6, 6.07) is 10.1. The fourth-order valence-corrected chi connectivity index (χ4v) is 3.33. The number of carbonyl (C=O) groups is 1. The summed E-state index contributed by atoms with van der Waals surface area (Å²) in [6.45, 7) is 3.35. The van der Waals surface area contributed by atoms with Crippen molar-refractivity contribution in [3.63, 3.8) is 0 Å². The third kappa shape index (κ3) is 3.34. The Kier molecular flexibility index (Phi) is 4.86. The molecule has 0 fully saturated rings. The molecule has 0 aliphatic carbocycles. The summed E-state index contributed by atoms with van der Waals surface area (Å²) in [5, 5.41) is 5.25. The van der Waals surface area contributed by atoms with Crippen LogP contribution in [-0.4, -0.2) is 30.5 Å². The molecule has 0 bridgehead atoms. The summed E-state index contributed by atoms with van der Waals surface area (Å²) >= 11 is 0. The minimum Gasteiger partial charge on any atom is -0.383 e. The van der Waals surface area contributed by atoms with Gasteiger partial charge < -0.3 is 11.5 Å². The Hall–Kier alpha value is -3.88. The first-order valence-electron chi connectivity index (χ1n) is 9.35. The largest absolute Gasteiger partial charge is 0.383 e. The number of ketones is 1. The van der Waals surface area contributed by atoms with Gasteiger partial charge in [-0.25, -0.2) is 24.0 Å². The number of Topliss-reactive ketones (excluding diaryl/α,β-unsaturated/α-hetero) is 1. The summed E-state index contributed by atoms with van der Waals surface area (Å²) in [7, 11) is 0.